The minimum atomic E-state index is -0.736. The fraction of sp³-hybridized carbons (Fsp3) is 0.120. The van der Waals surface area contributed by atoms with Crippen LogP contribution in [-0.4, -0.2) is 23.4 Å². The van der Waals surface area contributed by atoms with Crippen LogP contribution in [0.4, 0.5) is 5.69 Å². The third kappa shape index (κ3) is 5.80. The van der Waals surface area contributed by atoms with Crippen LogP contribution in [0.1, 0.15) is 23.6 Å². The molecule has 36 heavy (non-hydrogen) atoms. The summed E-state index contributed by atoms with van der Waals surface area (Å²) in [4.78, 5) is 27.2. The van der Waals surface area contributed by atoms with Crippen LogP contribution >= 0.6 is 45.8 Å². The van der Waals surface area contributed by atoms with Gasteiger partial charge in [-0.05, 0) is 65.4 Å². The maximum Gasteiger partial charge on any atom is 0.363 e. The van der Waals surface area contributed by atoms with Crippen molar-refractivity contribution < 1.29 is 23.9 Å². The van der Waals surface area contributed by atoms with Gasteiger partial charge in [0.1, 0.15) is 6.61 Å². The number of benzene rings is 3. The number of carbonyl (C=O) groups is 1. The third-order valence-corrected chi connectivity index (χ3v) is 6.64. The Bertz CT molecular complexity index is 1420. The minimum absolute atomic E-state index is 0.0291. The van der Waals surface area contributed by atoms with Crippen molar-refractivity contribution >= 4 is 69.4 Å². The molecule has 184 valence electrons. The number of hydrogen-bond acceptors (Lipinski definition) is 7. The number of hydrogen-bond donors (Lipinski definition) is 0. The fourth-order valence-corrected chi connectivity index (χ4v) is 4.33. The predicted molar refractivity (Wildman–Crippen MR) is 145 cm³/mol. The molecule has 0 aromatic heterocycles. The molecule has 0 atom stereocenters. The highest BCUT2D eigenvalue weighted by atomic mass is 127. The Kier molecular flexibility index (Phi) is 8.12. The zero-order chi connectivity index (χ0) is 25.8. The van der Waals surface area contributed by atoms with Crippen LogP contribution in [0.3, 0.4) is 0 Å². The molecule has 11 heteroatoms. The molecule has 1 aliphatic heterocycles. The van der Waals surface area contributed by atoms with E-state index in [1.807, 2.05) is 31.2 Å². The molecule has 3 aromatic carbocycles. The zero-order valence-electron chi connectivity index (χ0n) is 18.7. The maximum absolute atomic E-state index is 12.5. The topological polar surface area (TPSA) is 100 Å². The monoisotopic (exact) mass is 638 g/mol. The lowest BCUT2D eigenvalue weighted by Gasteiger charge is -2.15. The molecule has 0 aliphatic carbocycles. The number of nitro groups is 1. The van der Waals surface area contributed by atoms with Gasteiger partial charge in [0, 0.05) is 21.3 Å². The number of carbonyl (C=O) groups excluding carboxylic acids is 1. The summed E-state index contributed by atoms with van der Waals surface area (Å²) in [6.45, 7) is 2.49. The van der Waals surface area contributed by atoms with Crippen molar-refractivity contribution in [1.82, 2.24) is 0 Å². The molecule has 3 aromatic rings. The highest BCUT2D eigenvalue weighted by molar-refractivity contribution is 14.1. The number of non-ortho nitro benzene ring substituents is 1. The number of nitrogens with zero attached hydrogens (tertiary/aromatic N) is 2. The summed E-state index contributed by atoms with van der Waals surface area (Å²) in [7, 11) is 0. The average molecular weight is 639 g/mol. The zero-order valence-corrected chi connectivity index (χ0v) is 22.3. The summed E-state index contributed by atoms with van der Waals surface area (Å²) in [5.74, 6) is -0.0869. The van der Waals surface area contributed by atoms with Crippen molar-refractivity contribution in [1.29, 1.82) is 0 Å². The van der Waals surface area contributed by atoms with Crippen LogP contribution in [0.5, 0.6) is 11.5 Å². The quantitative estimate of drug-likeness (QED) is 0.0882. The van der Waals surface area contributed by atoms with Gasteiger partial charge in [0.15, 0.2) is 17.2 Å². The van der Waals surface area contributed by atoms with Crippen molar-refractivity contribution in [3.63, 3.8) is 0 Å². The average Bonchev–Trinajstić information content (AvgIpc) is 3.19. The first-order valence-electron chi connectivity index (χ1n) is 10.6. The molecule has 0 N–H and O–H groups in total. The van der Waals surface area contributed by atoms with E-state index >= 15 is 0 Å². The van der Waals surface area contributed by atoms with E-state index in [1.54, 1.807) is 12.1 Å². The standard InChI is InChI=1S/C25H17Cl2IN2O6/c1-2-34-22-11-14(9-19(27)23(22)35-13-15-5-3-4-6-20(15)28)10-21-25(31)36-24(29-21)17-12-16(30(32)33)7-8-18(17)26/h3-12H,2,13H2,1H3/b21-10-. The van der Waals surface area contributed by atoms with Gasteiger partial charge >= 0.3 is 5.97 Å². The molecule has 0 bridgehead atoms. The summed E-state index contributed by atoms with van der Waals surface area (Å²) in [5.41, 5.74) is 1.42. The number of halogens is 3. The van der Waals surface area contributed by atoms with E-state index in [-0.39, 0.29) is 32.9 Å². The molecular weight excluding hydrogens is 622 g/mol. The van der Waals surface area contributed by atoms with Crippen LogP contribution in [0.2, 0.25) is 10.0 Å². The molecule has 1 heterocycles. The Morgan fingerprint density at radius 1 is 1.11 bits per heavy atom. The molecule has 0 saturated heterocycles. The molecule has 1 aliphatic rings. The Morgan fingerprint density at radius 3 is 2.61 bits per heavy atom. The largest absolute Gasteiger partial charge is 0.490 e. The van der Waals surface area contributed by atoms with Crippen LogP contribution in [-0.2, 0) is 16.1 Å². The van der Waals surface area contributed by atoms with Crippen molar-refractivity contribution in [3.8, 4) is 11.5 Å². The fourth-order valence-electron chi connectivity index (χ4n) is 3.31. The van der Waals surface area contributed by atoms with E-state index in [0.29, 0.717) is 30.3 Å². The lowest BCUT2D eigenvalue weighted by molar-refractivity contribution is -0.384. The Morgan fingerprint density at radius 2 is 1.89 bits per heavy atom. The van der Waals surface area contributed by atoms with Gasteiger partial charge in [-0.25, -0.2) is 9.79 Å². The van der Waals surface area contributed by atoms with E-state index in [4.69, 9.17) is 37.4 Å². The first-order valence-corrected chi connectivity index (χ1v) is 12.4. The number of aliphatic imine (C=N–C) groups is 1. The Labute approximate surface area is 229 Å². The molecule has 0 amide bonds. The van der Waals surface area contributed by atoms with Crippen molar-refractivity contribution in [2.24, 2.45) is 4.99 Å². The van der Waals surface area contributed by atoms with Crippen molar-refractivity contribution in [2.45, 2.75) is 13.5 Å². The molecular formula is C25H17Cl2IN2O6. The summed E-state index contributed by atoms with van der Waals surface area (Å²) in [6.07, 6.45) is 1.47. The third-order valence-electron chi connectivity index (χ3n) is 4.98. The highest BCUT2D eigenvalue weighted by Crippen LogP contribution is 2.38. The van der Waals surface area contributed by atoms with Crippen molar-refractivity contribution in [3.05, 3.63) is 101 Å². The molecule has 0 radical (unpaired) electrons. The SMILES string of the molecule is CCOc1cc(/C=C2\N=C(c3cc([N+](=O)[O-])ccc3Cl)OC2=O)cc(Cl)c1OCc1ccccc1I. The van der Waals surface area contributed by atoms with Gasteiger partial charge < -0.3 is 14.2 Å². The summed E-state index contributed by atoms with van der Waals surface area (Å²) in [6, 6.07) is 14.9. The molecule has 0 fully saturated rings. The van der Waals surface area contributed by atoms with Gasteiger partial charge in [-0.2, -0.15) is 0 Å². The Balaban J connectivity index is 1.65. The van der Waals surface area contributed by atoms with E-state index in [1.165, 1.54) is 24.3 Å². The van der Waals surface area contributed by atoms with Crippen LogP contribution in [0, 0.1) is 13.7 Å². The smallest absolute Gasteiger partial charge is 0.363 e. The molecule has 8 nitrogen and oxygen atoms in total. The predicted octanol–water partition coefficient (Wildman–Crippen LogP) is 6.83. The lowest BCUT2D eigenvalue weighted by atomic mass is 10.1. The second-order valence-electron chi connectivity index (χ2n) is 7.40. The highest BCUT2D eigenvalue weighted by Gasteiger charge is 2.27. The summed E-state index contributed by atoms with van der Waals surface area (Å²) >= 11 is 14.9. The van der Waals surface area contributed by atoms with Gasteiger partial charge in [-0.1, -0.05) is 41.4 Å². The molecule has 0 saturated carbocycles. The Hall–Kier alpha value is -3.15. The van der Waals surface area contributed by atoms with E-state index in [9.17, 15) is 14.9 Å². The first-order chi connectivity index (χ1) is 17.3. The lowest BCUT2D eigenvalue weighted by Crippen LogP contribution is -2.06. The van der Waals surface area contributed by atoms with Gasteiger partial charge in [0.2, 0.25) is 5.90 Å². The van der Waals surface area contributed by atoms with E-state index < -0.39 is 10.9 Å². The molecule has 0 unspecified atom stereocenters. The maximum atomic E-state index is 12.5. The number of ether oxygens (including phenoxy) is 3. The van der Waals surface area contributed by atoms with E-state index in [2.05, 4.69) is 27.6 Å². The number of cyclic esters (lactones) is 1. The van der Waals surface area contributed by atoms with Gasteiger partial charge in [0.05, 0.1) is 27.1 Å². The minimum Gasteiger partial charge on any atom is -0.490 e. The van der Waals surface area contributed by atoms with Crippen molar-refractivity contribution in [2.75, 3.05) is 6.61 Å². The number of nitro benzene ring substituents is 1. The summed E-state index contributed by atoms with van der Waals surface area (Å²) < 4.78 is 18.0. The van der Waals surface area contributed by atoms with Gasteiger partial charge in [-0.15, -0.1) is 0 Å². The number of rotatable bonds is 8. The molecule has 0 spiro atoms. The molecule has 4 rings (SSSR count). The number of esters is 1. The second kappa shape index (κ2) is 11.3. The van der Waals surface area contributed by atoms with Crippen LogP contribution in [0.25, 0.3) is 6.08 Å². The van der Waals surface area contributed by atoms with Crippen LogP contribution in [0.15, 0.2) is 65.3 Å². The first kappa shape index (κ1) is 25.9. The second-order valence-corrected chi connectivity index (χ2v) is 9.38. The van der Waals surface area contributed by atoms with Gasteiger partial charge in [-0.3, -0.25) is 10.1 Å². The van der Waals surface area contributed by atoms with Crippen LogP contribution < -0.4 is 9.47 Å². The normalized spacial score (nSPS) is 13.9. The van der Waals surface area contributed by atoms with Gasteiger partial charge in [0.25, 0.3) is 5.69 Å². The summed E-state index contributed by atoms with van der Waals surface area (Å²) in [5, 5.41) is 11.6. The van der Waals surface area contributed by atoms with E-state index in [0.717, 1.165) is 9.13 Å².